The molecule has 7 heteroatoms. The fraction of sp³-hybridized carbons (Fsp3) is 0.417. The Bertz CT molecular complexity index is 447. The van der Waals surface area contributed by atoms with Crippen molar-refractivity contribution < 1.29 is 22.7 Å². The van der Waals surface area contributed by atoms with Crippen LogP contribution < -0.4 is 0 Å². The molecule has 0 aromatic heterocycles. The van der Waals surface area contributed by atoms with Crippen molar-refractivity contribution in [1.29, 1.82) is 0 Å². The molecule has 1 amide bonds. The smallest absolute Gasteiger partial charge is 0.253 e. The van der Waals surface area contributed by atoms with E-state index >= 15 is 0 Å². The Morgan fingerprint density at radius 1 is 1.37 bits per heavy atom. The Morgan fingerprint density at radius 2 is 1.89 bits per heavy atom. The highest BCUT2D eigenvalue weighted by Crippen LogP contribution is 2.15. The number of ether oxygens (including phenoxy) is 1. The maximum Gasteiger partial charge on any atom is 0.253 e. The number of nitrogens with zero attached hydrogens (tertiary/aromatic N) is 1. The number of hydrogen-bond donors (Lipinski definition) is 0. The molecule has 0 bridgehead atoms. The summed E-state index contributed by atoms with van der Waals surface area (Å²) in [6, 6.07) is 1.35. The van der Waals surface area contributed by atoms with Gasteiger partial charge in [0.1, 0.15) is 0 Å². The first-order valence-corrected chi connectivity index (χ1v) is 6.31. The second-order valence-corrected chi connectivity index (χ2v) is 5.29. The van der Waals surface area contributed by atoms with Gasteiger partial charge in [-0.15, -0.1) is 0 Å². The fourth-order valence-electron chi connectivity index (χ4n) is 1.51. The van der Waals surface area contributed by atoms with E-state index in [2.05, 4.69) is 15.9 Å². The number of alkyl halides is 1. The molecule has 1 rings (SSSR count). The Hall–Kier alpha value is -1.08. The van der Waals surface area contributed by atoms with E-state index in [0.717, 1.165) is 0 Å². The lowest BCUT2D eigenvalue weighted by Gasteiger charge is -2.20. The van der Waals surface area contributed by atoms with Crippen LogP contribution in [-0.2, 0) is 4.74 Å². The number of carbonyl (C=O) groups excluding carboxylic acids is 1. The topological polar surface area (TPSA) is 29.5 Å². The molecule has 0 N–H and O–H groups in total. The summed E-state index contributed by atoms with van der Waals surface area (Å²) in [5.74, 6) is -4.96. The molecule has 0 heterocycles. The summed E-state index contributed by atoms with van der Waals surface area (Å²) >= 11 is 3.29. The Morgan fingerprint density at radius 3 is 2.37 bits per heavy atom. The van der Waals surface area contributed by atoms with Crippen molar-refractivity contribution in [2.45, 2.75) is 4.83 Å². The van der Waals surface area contributed by atoms with Gasteiger partial charge in [0, 0.05) is 26.3 Å². The van der Waals surface area contributed by atoms with Crippen molar-refractivity contribution in [3.8, 4) is 0 Å². The third kappa shape index (κ3) is 4.21. The molecule has 1 atom stereocenters. The van der Waals surface area contributed by atoms with Crippen molar-refractivity contribution in [3.63, 3.8) is 0 Å². The average molecular weight is 340 g/mol. The van der Waals surface area contributed by atoms with E-state index in [-0.39, 0.29) is 16.9 Å². The minimum atomic E-state index is -1.59. The van der Waals surface area contributed by atoms with Gasteiger partial charge < -0.3 is 9.64 Å². The van der Waals surface area contributed by atoms with Crippen molar-refractivity contribution in [2.75, 3.05) is 27.3 Å². The summed E-state index contributed by atoms with van der Waals surface area (Å²) in [7, 11) is 2.99. The summed E-state index contributed by atoms with van der Waals surface area (Å²) in [5, 5.41) is 0. The molecule has 0 aliphatic heterocycles. The Balaban J connectivity index is 2.82. The number of amides is 1. The van der Waals surface area contributed by atoms with Crippen molar-refractivity contribution >= 4 is 21.8 Å². The lowest BCUT2D eigenvalue weighted by atomic mass is 10.2. The van der Waals surface area contributed by atoms with Crippen LogP contribution in [0.5, 0.6) is 0 Å². The van der Waals surface area contributed by atoms with Crippen LogP contribution in [0.15, 0.2) is 12.1 Å². The van der Waals surface area contributed by atoms with Crippen LogP contribution in [0.2, 0.25) is 0 Å². The van der Waals surface area contributed by atoms with E-state index in [1.165, 1.54) is 19.1 Å². The molecule has 1 aromatic rings. The standard InChI is InChI=1S/C12H13BrF3NO2/c1-17(5-8(13)6-19-2)12(18)7-3-9(14)11(16)10(15)4-7/h3-4,8H,5-6H2,1-2H3. The summed E-state index contributed by atoms with van der Waals surface area (Å²) < 4.78 is 43.7. The molecule has 0 radical (unpaired) electrons. The predicted octanol–water partition coefficient (Wildman–Crippen LogP) is 2.59. The lowest BCUT2D eigenvalue weighted by molar-refractivity contribution is 0.0783. The van der Waals surface area contributed by atoms with Gasteiger partial charge in [-0.3, -0.25) is 4.79 Å². The highest BCUT2D eigenvalue weighted by Gasteiger charge is 2.19. The maximum atomic E-state index is 13.0. The molecule has 1 unspecified atom stereocenters. The first-order chi connectivity index (χ1) is 8.86. The fourth-order valence-corrected chi connectivity index (χ4v) is 2.21. The highest BCUT2D eigenvalue weighted by molar-refractivity contribution is 9.09. The van der Waals surface area contributed by atoms with Gasteiger partial charge in [-0.05, 0) is 12.1 Å². The zero-order chi connectivity index (χ0) is 14.6. The van der Waals surface area contributed by atoms with Crippen LogP contribution in [0.4, 0.5) is 13.2 Å². The molecule has 0 saturated carbocycles. The van der Waals surface area contributed by atoms with E-state index in [1.807, 2.05) is 0 Å². The normalized spacial score (nSPS) is 12.3. The van der Waals surface area contributed by atoms with Crippen LogP contribution in [0.25, 0.3) is 0 Å². The maximum absolute atomic E-state index is 13.0. The molecule has 19 heavy (non-hydrogen) atoms. The van der Waals surface area contributed by atoms with Gasteiger partial charge >= 0.3 is 0 Å². The number of carbonyl (C=O) groups is 1. The molecular formula is C12H13BrF3NO2. The van der Waals surface area contributed by atoms with Gasteiger partial charge in [-0.2, -0.15) is 0 Å². The average Bonchev–Trinajstić information content (AvgIpc) is 2.34. The Kier molecular flexibility index (Phi) is 5.81. The number of rotatable bonds is 5. The van der Waals surface area contributed by atoms with E-state index in [9.17, 15) is 18.0 Å². The molecule has 0 fully saturated rings. The molecule has 0 spiro atoms. The Labute approximate surface area is 117 Å². The zero-order valence-corrected chi connectivity index (χ0v) is 12.0. The summed E-state index contributed by atoms with van der Waals surface area (Å²) in [5.41, 5.74) is -0.240. The molecule has 0 saturated heterocycles. The molecular weight excluding hydrogens is 327 g/mol. The van der Waals surface area contributed by atoms with Crippen LogP contribution in [0.1, 0.15) is 10.4 Å². The number of halogens is 4. The third-order valence-corrected chi connectivity index (χ3v) is 2.95. The van der Waals surface area contributed by atoms with E-state index in [4.69, 9.17) is 4.74 Å². The van der Waals surface area contributed by atoms with Gasteiger partial charge in [-0.25, -0.2) is 13.2 Å². The van der Waals surface area contributed by atoms with Gasteiger partial charge in [-0.1, -0.05) is 15.9 Å². The van der Waals surface area contributed by atoms with Crippen LogP contribution in [0, 0.1) is 17.5 Å². The van der Waals surface area contributed by atoms with Gasteiger partial charge in [0.25, 0.3) is 5.91 Å². The first-order valence-electron chi connectivity index (χ1n) is 5.39. The van der Waals surface area contributed by atoms with E-state index in [0.29, 0.717) is 18.7 Å². The SMILES string of the molecule is COCC(Br)CN(C)C(=O)c1cc(F)c(F)c(F)c1. The molecule has 0 aliphatic rings. The summed E-state index contributed by atoms with van der Waals surface area (Å²) in [4.78, 5) is 13.1. The van der Waals surface area contributed by atoms with E-state index in [1.54, 1.807) is 0 Å². The quantitative estimate of drug-likeness (QED) is 0.609. The van der Waals surface area contributed by atoms with Crippen LogP contribution >= 0.6 is 15.9 Å². The molecule has 3 nitrogen and oxygen atoms in total. The minimum Gasteiger partial charge on any atom is -0.383 e. The summed E-state index contributed by atoms with van der Waals surface area (Å²) in [6.07, 6.45) is 0. The lowest BCUT2D eigenvalue weighted by Crippen LogP contribution is -2.33. The van der Waals surface area contributed by atoms with Crippen LogP contribution in [-0.4, -0.2) is 42.9 Å². The minimum absolute atomic E-state index is 0.110. The second-order valence-electron chi connectivity index (χ2n) is 3.99. The number of benzene rings is 1. The second kappa shape index (κ2) is 6.91. The van der Waals surface area contributed by atoms with Crippen molar-refractivity contribution in [1.82, 2.24) is 4.90 Å². The molecule has 106 valence electrons. The van der Waals surface area contributed by atoms with Crippen molar-refractivity contribution in [3.05, 3.63) is 35.1 Å². The highest BCUT2D eigenvalue weighted by atomic mass is 79.9. The monoisotopic (exact) mass is 339 g/mol. The van der Waals surface area contributed by atoms with Crippen molar-refractivity contribution in [2.24, 2.45) is 0 Å². The molecule has 1 aromatic carbocycles. The van der Waals surface area contributed by atoms with Gasteiger partial charge in [0.05, 0.1) is 11.4 Å². The summed E-state index contributed by atoms with van der Waals surface area (Å²) in [6.45, 7) is 0.664. The zero-order valence-electron chi connectivity index (χ0n) is 10.4. The first kappa shape index (κ1) is 16.0. The van der Waals surface area contributed by atoms with Gasteiger partial charge in [0.2, 0.25) is 0 Å². The number of hydrogen-bond acceptors (Lipinski definition) is 2. The van der Waals surface area contributed by atoms with Crippen LogP contribution in [0.3, 0.4) is 0 Å². The van der Waals surface area contributed by atoms with Gasteiger partial charge in [0.15, 0.2) is 17.5 Å². The number of methoxy groups -OCH3 is 1. The third-order valence-electron chi connectivity index (χ3n) is 2.40. The largest absolute Gasteiger partial charge is 0.383 e. The predicted molar refractivity (Wildman–Crippen MR) is 67.9 cm³/mol. The van der Waals surface area contributed by atoms with E-state index < -0.39 is 23.4 Å². The molecule has 0 aliphatic carbocycles.